The predicted octanol–water partition coefficient (Wildman–Crippen LogP) is 8.59. The van der Waals surface area contributed by atoms with Crippen molar-refractivity contribution in [1.29, 1.82) is 0 Å². The molecule has 1 amide bonds. The third-order valence-electron chi connectivity index (χ3n) is 11.4. The van der Waals surface area contributed by atoms with E-state index in [0.717, 1.165) is 41.5 Å². The van der Waals surface area contributed by atoms with Crippen LogP contribution >= 0.6 is 0 Å². The molecule has 0 aliphatic carbocycles. The highest BCUT2D eigenvalue weighted by Crippen LogP contribution is 2.39. The van der Waals surface area contributed by atoms with Gasteiger partial charge in [0.15, 0.2) is 18.9 Å². The second-order valence-electron chi connectivity index (χ2n) is 16.2. The third kappa shape index (κ3) is 12.8. The van der Waals surface area contributed by atoms with Gasteiger partial charge in [0.25, 0.3) is 0 Å². The number of ether oxygens (including phenoxy) is 9. The first-order chi connectivity index (χ1) is 30.0. The summed E-state index contributed by atoms with van der Waals surface area (Å²) in [6, 6.07) is 39.1. The lowest BCUT2D eigenvalue weighted by molar-refractivity contribution is -0.382. The van der Waals surface area contributed by atoms with Crippen LogP contribution in [-0.2, 0) is 67.2 Å². The molecule has 1 unspecified atom stereocenters. The van der Waals surface area contributed by atoms with Crippen LogP contribution in [0.1, 0.15) is 87.8 Å². The molecule has 11 atom stereocenters. The first kappa shape index (κ1) is 45.0. The summed E-state index contributed by atoms with van der Waals surface area (Å²) < 4.78 is 60.7. The summed E-state index contributed by atoms with van der Waals surface area (Å²) >= 11 is 0. The van der Waals surface area contributed by atoms with Gasteiger partial charge in [-0.3, -0.25) is 4.79 Å². The Labute approximate surface area is 361 Å². The average molecular weight is 838 g/mol. The van der Waals surface area contributed by atoms with E-state index >= 15 is 0 Å². The molecular formula is C50H63NO10. The fourth-order valence-electron chi connectivity index (χ4n) is 8.26. The second kappa shape index (κ2) is 23.4. The molecule has 0 aromatic heterocycles. The molecule has 0 bridgehead atoms. The van der Waals surface area contributed by atoms with E-state index in [-0.39, 0.29) is 19.1 Å². The Morgan fingerprint density at radius 3 is 1.74 bits per heavy atom. The van der Waals surface area contributed by atoms with E-state index in [0.29, 0.717) is 19.8 Å². The molecule has 3 fully saturated rings. The standard InChI is InChI=1S/C50H63NO10/c1-4-5-6-7-8-21-30-53-49-42(51-36(3)52)45(44-41(59-49)34-57-48(60-44)40-28-19-12-20-29-40)61-50-47(56-33-39-26-17-11-18-27-39)46(55-32-38-24-15-10-16-25-38)43(35(2)58-50)54-31-37-22-13-9-14-23-37/h9-20,22-29,35,41-50H,4-8,21,30-34H2,1-3H3,(H,51,52)/t35-,41+,42+,43+,44+,45+,46+,47-,48?,49-,50-/m0/s1. The van der Waals surface area contributed by atoms with Crippen LogP contribution in [-0.4, -0.2) is 80.5 Å². The third-order valence-corrected chi connectivity index (χ3v) is 11.4. The Kier molecular flexibility index (Phi) is 17.3. The molecule has 1 N–H and O–H groups in total. The minimum atomic E-state index is -0.989. The van der Waals surface area contributed by atoms with Gasteiger partial charge in [-0.05, 0) is 30.0 Å². The maximum Gasteiger partial charge on any atom is 0.217 e. The second-order valence-corrected chi connectivity index (χ2v) is 16.2. The number of carbonyl (C=O) groups excluding carboxylic acids is 1. The molecule has 3 aliphatic heterocycles. The van der Waals surface area contributed by atoms with Crippen LogP contribution in [0.5, 0.6) is 0 Å². The van der Waals surface area contributed by atoms with Crippen LogP contribution in [0.2, 0.25) is 0 Å². The summed E-state index contributed by atoms with van der Waals surface area (Å²) in [5.74, 6) is -0.256. The van der Waals surface area contributed by atoms with Crippen molar-refractivity contribution in [2.24, 2.45) is 0 Å². The van der Waals surface area contributed by atoms with E-state index < -0.39 is 67.6 Å². The van der Waals surface area contributed by atoms with Crippen LogP contribution in [0.15, 0.2) is 121 Å². The molecule has 7 rings (SSSR count). The van der Waals surface area contributed by atoms with Crippen molar-refractivity contribution in [3.63, 3.8) is 0 Å². The molecule has 3 aliphatic rings. The molecule has 0 radical (unpaired) electrons. The number of hydrogen-bond donors (Lipinski definition) is 1. The van der Waals surface area contributed by atoms with E-state index in [2.05, 4.69) is 12.2 Å². The molecule has 3 saturated heterocycles. The van der Waals surface area contributed by atoms with Crippen LogP contribution in [0.25, 0.3) is 0 Å². The quantitative estimate of drug-likeness (QED) is 0.0820. The molecule has 4 aromatic carbocycles. The van der Waals surface area contributed by atoms with Crippen molar-refractivity contribution in [3.8, 4) is 0 Å². The molecule has 328 valence electrons. The van der Waals surface area contributed by atoms with Gasteiger partial charge < -0.3 is 47.9 Å². The first-order valence-electron chi connectivity index (χ1n) is 22.1. The highest BCUT2D eigenvalue weighted by molar-refractivity contribution is 5.73. The van der Waals surface area contributed by atoms with E-state index in [1.165, 1.54) is 26.2 Å². The van der Waals surface area contributed by atoms with E-state index in [4.69, 9.17) is 42.6 Å². The molecule has 4 aromatic rings. The van der Waals surface area contributed by atoms with Gasteiger partial charge in [-0.25, -0.2) is 0 Å². The fourth-order valence-corrected chi connectivity index (χ4v) is 8.26. The van der Waals surface area contributed by atoms with Gasteiger partial charge in [-0.1, -0.05) is 160 Å². The Hall–Kier alpha value is -4.01. The number of rotatable bonds is 21. The smallest absolute Gasteiger partial charge is 0.217 e. The van der Waals surface area contributed by atoms with Crippen molar-refractivity contribution in [3.05, 3.63) is 144 Å². The summed E-state index contributed by atoms with van der Waals surface area (Å²) in [6.07, 6.45) is -0.387. The maximum atomic E-state index is 13.1. The average Bonchev–Trinajstić information content (AvgIpc) is 3.29. The number of benzene rings is 4. The maximum absolute atomic E-state index is 13.1. The first-order valence-corrected chi connectivity index (χ1v) is 22.1. The number of unbranched alkanes of at least 4 members (excludes halogenated alkanes) is 5. The zero-order valence-corrected chi connectivity index (χ0v) is 35.8. The van der Waals surface area contributed by atoms with Crippen molar-refractivity contribution in [1.82, 2.24) is 5.32 Å². The number of nitrogens with one attached hydrogen (secondary N) is 1. The van der Waals surface area contributed by atoms with Gasteiger partial charge in [0.2, 0.25) is 5.91 Å². The van der Waals surface area contributed by atoms with Gasteiger partial charge >= 0.3 is 0 Å². The molecule has 11 heteroatoms. The number of amides is 1. The Morgan fingerprint density at radius 1 is 0.607 bits per heavy atom. The van der Waals surface area contributed by atoms with Gasteiger partial charge in [0, 0.05) is 19.1 Å². The van der Waals surface area contributed by atoms with Crippen molar-refractivity contribution >= 4 is 5.91 Å². The van der Waals surface area contributed by atoms with Gasteiger partial charge in [-0.2, -0.15) is 0 Å². The monoisotopic (exact) mass is 837 g/mol. The molecular weight excluding hydrogens is 775 g/mol. The van der Waals surface area contributed by atoms with Crippen molar-refractivity contribution in [2.45, 2.75) is 147 Å². The Morgan fingerprint density at radius 2 is 1.15 bits per heavy atom. The normalized spacial score (nSPS) is 28.8. The summed E-state index contributed by atoms with van der Waals surface area (Å²) in [5.41, 5.74) is 3.87. The number of carbonyl (C=O) groups is 1. The SMILES string of the molecule is CCCCCCCCO[C@H]1O[C@@H]2COC(c3ccccc3)O[C@H]2[C@H](O[C@@H]2O[C@@H](C)[C@@H](OCc3ccccc3)[C@@H](OCc3ccccc3)[C@@H]2OCc2ccccc2)[C@H]1NC(C)=O. The lowest BCUT2D eigenvalue weighted by Crippen LogP contribution is -2.69. The topological polar surface area (TPSA) is 112 Å². The number of hydrogen-bond acceptors (Lipinski definition) is 10. The van der Waals surface area contributed by atoms with Crippen molar-refractivity contribution < 1.29 is 47.4 Å². The van der Waals surface area contributed by atoms with Gasteiger partial charge in [-0.15, -0.1) is 0 Å². The van der Waals surface area contributed by atoms with Crippen LogP contribution in [0.3, 0.4) is 0 Å². The van der Waals surface area contributed by atoms with Gasteiger partial charge in [0.05, 0.1) is 32.5 Å². The molecule has 0 spiro atoms. The highest BCUT2D eigenvalue weighted by atomic mass is 16.8. The summed E-state index contributed by atoms with van der Waals surface area (Å²) in [5, 5.41) is 3.13. The summed E-state index contributed by atoms with van der Waals surface area (Å²) in [6.45, 7) is 7.28. The molecule has 61 heavy (non-hydrogen) atoms. The zero-order chi connectivity index (χ0) is 42.2. The largest absolute Gasteiger partial charge is 0.368 e. The summed E-state index contributed by atoms with van der Waals surface area (Å²) in [7, 11) is 0. The Bertz CT molecular complexity index is 1840. The zero-order valence-electron chi connectivity index (χ0n) is 35.8. The lowest BCUT2D eigenvalue weighted by Gasteiger charge is -2.52. The predicted molar refractivity (Wildman–Crippen MR) is 230 cm³/mol. The van der Waals surface area contributed by atoms with Gasteiger partial charge in [0.1, 0.15) is 42.7 Å². The molecule has 11 nitrogen and oxygen atoms in total. The van der Waals surface area contributed by atoms with Crippen LogP contribution in [0, 0.1) is 0 Å². The molecule has 3 heterocycles. The van der Waals surface area contributed by atoms with E-state index in [1.807, 2.05) is 128 Å². The highest BCUT2D eigenvalue weighted by Gasteiger charge is 2.55. The van der Waals surface area contributed by atoms with Crippen LogP contribution < -0.4 is 5.32 Å². The van der Waals surface area contributed by atoms with Crippen molar-refractivity contribution in [2.75, 3.05) is 13.2 Å². The lowest BCUT2D eigenvalue weighted by atomic mass is 9.94. The fraction of sp³-hybridized carbons (Fsp3) is 0.500. The van der Waals surface area contributed by atoms with E-state index in [9.17, 15) is 4.79 Å². The van der Waals surface area contributed by atoms with Crippen LogP contribution in [0.4, 0.5) is 0 Å². The Balaban J connectivity index is 1.21. The minimum Gasteiger partial charge on any atom is -0.368 e. The summed E-state index contributed by atoms with van der Waals surface area (Å²) in [4.78, 5) is 13.1. The van der Waals surface area contributed by atoms with E-state index in [1.54, 1.807) is 0 Å². The minimum absolute atomic E-state index is 0.224. The number of fused-ring (bicyclic) bond motifs is 1. The molecule has 0 saturated carbocycles.